The van der Waals surface area contributed by atoms with Gasteiger partial charge in [0, 0.05) is 12.2 Å². The van der Waals surface area contributed by atoms with Crippen molar-refractivity contribution in [2.75, 3.05) is 13.2 Å². The van der Waals surface area contributed by atoms with E-state index in [4.69, 9.17) is 4.74 Å². The summed E-state index contributed by atoms with van der Waals surface area (Å²) in [7, 11) is 0. The molecule has 82 valence electrons. The van der Waals surface area contributed by atoms with Crippen LogP contribution in [0.25, 0.3) is 0 Å². The highest BCUT2D eigenvalue weighted by molar-refractivity contribution is 5.15. The van der Waals surface area contributed by atoms with Crippen LogP contribution < -0.4 is 10.1 Å². The van der Waals surface area contributed by atoms with E-state index in [-0.39, 0.29) is 0 Å². The van der Waals surface area contributed by atoms with E-state index >= 15 is 0 Å². The number of ether oxygens (including phenoxy) is 1. The molecule has 3 nitrogen and oxygen atoms in total. The molecular formula is C12H18N2O. The molecule has 0 amide bonds. The fourth-order valence-electron chi connectivity index (χ4n) is 1.96. The van der Waals surface area contributed by atoms with Crippen molar-refractivity contribution in [2.45, 2.75) is 31.7 Å². The molecule has 1 aromatic heterocycles. The van der Waals surface area contributed by atoms with Crippen LogP contribution in [-0.2, 0) is 0 Å². The lowest BCUT2D eigenvalue weighted by Crippen LogP contribution is -2.21. The van der Waals surface area contributed by atoms with Gasteiger partial charge in [-0.3, -0.25) is 4.98 Å². The van der Waals surface area contributed by atoms with Crippen molar-refractivity contribution < 1.29 is 4.74 Å². The second-order valence-electron chi connectivity index (χ2n) is 3.97. The van der Waals surface area contributed by atoms with Crippen molar-refractivity contribution in [3.63, 3.8) is 0 Å². The van der Waals surface area contributed by atoms with Crippen LogP contribution in [0, 0.1) is 0 Å². The van der Waals surface area contributed by atoms with Gasteiger partial charge in [0.15, 0.2) is 0 Å². The summed E-state index contributed by atoms with van der Waals surface area (Å²) in [6.07, 6.45) is 8.51. The zero-order valence-electron chi connectivity index (χ0n) is 8.98. The lowest BCUT2D eigenvalue weighted by molar-refractivity contribution is 0.298. The second kappa shape index (κ2) is 5.71. The first kappa shape index (κ1) is 10.4. The SMILES string of the molecule is c1cncc(OCCCC2CCCN2)c1. The minimum absolute atomic E-state index is 0.725. The summed E-state index contributed by atoms with van der Waals surface area (Å²) in [6, 6.07) is 4.57. The smallest absolute Gasteiger partial charge is 0.137 e. The molecule has 1 atom stereocenters. The average Bonchev–Trinajstić information content (AvgIpc) is 2.79. The van der Waals surface area contributed by atoms with E-state index in [1.807, 2.05) is 12.1 Å². The molecule has 3 heteroatoms. The quantitative estimate of drug-likeness (QED) is 0.748. The van der Waals surface area contributed by atoms with Crippen LogP contribution in [0.15, 0.2) is 24.5 Å². The second-order valence-corrected chi connectivity index (χ2v) is 3.97. The largest absolute Gasteiger partial charge is 0.492 e. The van der Waals surface area contributed by atoms with Crippen LogP contribution in [0.4, 0.5) is 0 Å². The van der Waals surface area contributed by atoms with Gasteiger partial charge in [-0.15, -0.1) is 0 Å². The van der Waals surface area contributed by atoms with Gasteiger partial charge in [-0.25, -0.2) is 0 Å². The molecule has 1 aliphatic rings. The van der Waals surface area contributed by atoms with Crippen LogP contribution in [-0.4, -0.2) is 24.2 Å². The summed E-state index contributed by atoms with van der Waals surface area (Å²) in [5.74, 6) is 0.872. The molecule has 0 aliphatic carbocycles. The minimum Gasteiger partial charge on any atom is -0.492 e. The van der Waals surface area contributed by atoms with Crippen molar-refractivity contribution >= 4 is 0 Å². The molecule has 1 aliphatic heterocycles. The van der Waals surface area contributed by atoms with Gasteiger partial charge in [0.05, 0.1) is 12.8 Å². The van der Waals surface area contributed by atoms with Gasteiger partial charge < -0.3 is 10.1 Å². The third-order valence-corrected chi connectivity index (χ3v) is 2.76. The molecule has 2 heterocycles. The maximum atomic E-state index is 5.58. The molecule has 0 radical (unpaired) electrons. The van der Waals surface area contributed by atoms with Gasteiger partial charge >= 0.3 is 0 Å². The molecule has 0 bridgehead atoms. The Morgan fingerprint density at radius 1 is 1.53 bits per heavy atom. The zero-order valence-corrected chi connectivity index (χ0v) is 8.98. The number of pyridine rings is 1. The molecule has 1 N–H and O–H groups in total. The van der Waals surface area contributed by atoms with Gasteiger partial charge in [0.25, 0.3) is 0 Å². The topological polar surface area (TPSA) is 34.1 Å². The maximum absolute atomic E-state index is 5.58. The standard InChI is InChI=1S/C12H18N2O/c1-4-11(14-8-1)5-3-9-15-12-6-2-7-13-10-12/h2,6-7,10-11,14H,1,3-5,8-9H2. The predicted molar refractivity (Wildman–Crippen MR) is 60.0 cm³/mol. The average molecular weight is 206 g/mol. The van der Waals surface area contributed by atoms with Crippen molar-refractivity contribution in [1.82, 2.24) is 10.3 Å². The van der Waals surface area contributed by atoms with E-state index in [9.17, 15) is 0 Å². The number of rotatable bonds is 5. The molecule has 0 aromatic carbocycles. The molecule has 2 rings (SSSR count). The molecule has 1 saturated heterocycles. The Bertz CT molecular complexity index is 270. The maximum Gasteiger partial charge on any atom is 0.137 e. The first-order chi connectivity index (χ1) is 7.45. The van der Waals surface area contributed by atoms with Crippen molar-refractivity contribution in [1.29, 1.82) is 0 Å². The number of hydrogen-bond donors (Lipinski definition) is 1. The van der Waals surface area contributed by atoms with E-state index in [0.29, 0.717) is 0 Å². The summed E-state index contributed by atoms with van der Waals surface area (Å²) in [6.45, 7) is 1.98. The summed E-state index contributed by atoms with van der Waals surface area (Å²) >= 11 is 0. The van der Waals surface area contributed by atoms with Crippen LogP contribution in [0.5, 0.6) is 5.75 Å². The lowest BCUT2D eigenvalue weighted by Gasteiger charge is -2.10. The Kier molecular flexibility index (Phi) is 3.97. The molecule has 0 saturated carbocycles. The molecule has 0 spiro atoms. The third kappa shape index (κ3) is 3.51. The molecule has 1 aromatic rings. The predicted octanol–water partition coefficient (Wildman–Crippen LogP) is 1.99. The van der Waals surface area contributed by atoms with E-state index in [1.165, 1.54) is 25.8 Å². The summed E-state index contributed by atoms with van der Waals surface area (Å²) in [5.41, 5.74) is 0. The first-order valence-electron chi connectivity index (χ1n) is 5.71. The van der Waals surface area contributed by atoms with E-state index in [2.05, 4.69) is 10.3 Å². The fourth-order valence-corrected chi connectivity index (χ4v) is 1.96. The summed E-state index contributed by atoms with van der Waals surface area (Å²) < 4.78 is 5.58. The normalized spacial score (nSPS) is 20.4. The zero-order chi connectivity index (χ0) is 10.3. The fraction of sp³-hybridized carbons (Fsp3) is 0.583. The Hall–Kier alpha value is -1.09. The van der Waals surface area contributed by atoms with Crippen molar-refractivity contribution in [3.05, 3.63) is 24.5 Å². The molecule has 1 fully saturated rings. The minimum atomic E-state index is 0.725. The van der Waals surface area contributed by atoms with Gasteiger partial charge in [0.2, 0.25) is 0 Å². The lowest BCUT2D eigenvalue weighted by atomic mass is 10.1. The van der Waals surface area contributed by atoms with Crippen LogP contribution in [0.1, 0.15) is 25.7 Å². The van der Waals surface area contributed by atoms with Gasteiger partial charge in [0.1, 0.15) is 5.75 Å². The van der Waals surface area contributed by atoms with Crippen molar-refractivity contribution in [3.8, 4) is 5.75 Å². The molecule has 15 heavy (non-hydrogen) atoms. The van der Waals surface area contributed by atoms with E-state index in [1.54, 1.807) is 12.4 Å². The third-order valence-electron chi connectivity index (χ3n) is 2.76. The monoisotopic (exact) mass is 206 g/mol. The Morgan fingerprint density at radius 3 is 3.27 bits per heavy atom. The van der Waals surface area contributed by atoms with Gasteiger partial charge in [-0.05, 0) is 44.4 Å². The highest BCUT2D eigenvalue weighted by Crippen LogP contribution is 2.12. The molecule has 1 unspecified atom stereocenters. The summed E-state index contributed by atoms with van der Waals surface area (Å²) in [5, 5.41) is 3.49. The highest BCUT2D eigenvalue weighted by atomic mass is 16.5. The van der Waals surface area contributed by atoms with Crippen molar-refractivity contribution in [2.24, 2.45) is 0 Å². The van der Waals surface area contributed by atoms with Crippen LogP contribution in [0.3, 0.4) is 0 Å². The Balaban J connectivity index is 1.59. The van der Waals surface area contributed by atoms with Crippen LogP contribution >= 0.6 is 0 Å². The highest BCUT2D eigenvalue weighted by Gasteiger charge is 2.12. The number of nitrogens with zero attached hydrogens (tertiary/aromatic N) is 1. The Morgan fingerprint density at radius 2 is 2.53 bits per heavy atom. The van der Waals surface area contributed by atoms with E-state index in [0.717, 1.165) is 24.8 Å². The van der Waals surface area contributed by atoms with E-state index < -0.39 is 0 Å². The molecular weight excluding hydrogens is 188 g/mol. The van der Waals surface area contributed by atoms with Crippen LogP contribution in [0.2, 0.25) is 0 Å². The number of hydrogen-bond acceptors (Lipinski definition) is 3. The van der Waals surface area contributed by atoms with Gasteiger partial charge in [-0.2, -0.15) is 0 Å². The first-order valence-corrected chi connectivity index (χ1v) is 5.71. The summed E-state index contributed by atoms with van der Waals surface area (Å²) in [4.78, 5) is 4.00. The Labute approximate surface area is 90.9 Å². The number of aromatic nitrogens is 1. The van der Waals surface area contributed by atoms with Gasteiger partial charge in [-0.1, -0.05) is 0 Å². The number of nitrogens with one attached hydrogen (secondary N) is 1.